The highest BCUT2D eigenvalue weighted by Gasteiger charge is 2.23. The number of rotatable bonds is 3. The molecule has 0 aliphatic heterocycles. The summed E-state index contributed by atoms with van der Waals surface area (Å²) in [5.41, 5.74) is 8.41. The number of furan rings is 1. The molecule has 0 bridgehead atoms. The van der Waals surface area contributed by atoms with Crippen LogP contribution in [0.4, 0.5) is 0 Å². The fourth-order valence-corrected chi connectivity index (χ4v) is 9.24. The van der Waals surface area contributed by atoms with Gasteiger partial charge in [-0.25, -0.2) is 9.97 Å². The molecule has 4 nitrogen and oxygen atoms in total. The Bertz CT molecular complexity index is 3780. The Balaban J connectivity index is 1.19. The van der Waals surface area contributed by atoms with E-state index in [4.69, 9.17) is 53.6 Å². The second-order valence-electron chi connectivity index (χ2n) is 15.2. The van der Waals surface area contributed by atoms with Crippen LogP contribution in [0.5, 0.6) is 0 Å². The summed E-state index contributed by atoms with van der Waals surface area (Å²) < 4.78 is 9.01. The molecule has 59 heavy (non-hydrogen) atoms. The largest absolute Gasteiger partial charge is 0.455 e. The zero-order valence-electron chi connectivity index (χ0n) is 31.5. The molecule has 0 aliphatic carbocycles. The van der Waals surface area contributed by atoms with Crippen molar-refractivity contribution in [2.75, 3.05) is 0 Å². The number of benzene rings is 9. The van der Waals surface area contributed by atoms with E-state index >= 15 is 0 Å². The first-order valence-corrected chi connectivity index (χ1v) is 19.4. The van der Waals surface area contributed by atoms with Gasteiger partial charge in [0.15, 0.2) is 0 Å². The van der Waals surface area contributed by atoms with Gasteiger partial charge in [0, 0.05) is 43.3 Å². The third-order valence-corrected chi connectivity index (χ3v) is 12.0. The lowest BCUT2D eigenvalue weighted by molar-refractivity contribution is 0.673. The van der Waals surface area contributed by atoms with Crippen molar-refractivity contribution in [3.05, 3.63) is 146 Å². The van der Waals surface area contributed by atoms with Crippen LogP contribution in [0.2, 0.25) is 0 Å². The highest BCUT2D eigenvalue weighted by Crippen LogP contribution is 2.44. The van der Waals surface area contributed by atoms with Crippen LogP contribution in [0.15, 0.2) is 150 Å². The number of aromatic nitrogens is 3. The van der Waals surface area contributed by atoms with Gasteiger partial charge in [-0.3, -0.25) is 4.57 Å². The molecule has 260 valence electrons. The van der Waals surface area contributed by atoms with E-state index in [1.54, 1.807) is 0 Å². The van der Waals surface area contributed by atoms with Crippen molar-refractivity contribution in [1.29, 1.82) is 0 Å². The molecule has 3 aromatic heterocycles. The topological polar surface area (TPSA) is 43.9 Å². The molecule has 0 unspecified atom stereocenters. The van der Waals surface area contributed by atoms with Gasteiger partial charge in [-0.05, 0) is 63.0 Å². The molecule has 9 aromatic carbocycles. The summed E-state index contributed by atoms with van der Waals surface area (Å²) in [7, 11) is 32.0. The van der Waals surface area contributed by atoms with E-state index in [0.29, 0.717) is 11.5 Å². The van der Waals surface area contributed by atoms with Gasteiger partial charge in [-0.15, -0.1) is 16.4 Å². The molecule has 0 amide bonds. The lowest BCUT2D eigenvalue weighted by Gasteiger charge is -2.21. The summed E-state index contributed by atoms with van der Waals surface area (Å²) in [4.78, 5) is 10.9. The third-order valence-electron chi connectivity index (χ3n) is 12.0. The van der Waals surface area contributed by atoms with E-state index in [-0.39, 0.29) is 27.3 Å². The minimum Gasteiger partial charge on any atom is -0.455 e. The predicted octanol–water partition coefficient (Wildman–Crippen LogP) is 7.39. The van der Waals surface area contributed by atoms with E-state index in [1.165, 1.54) is 5.39 Å². The van der Waals surface area contributed by atoms with Crippen molar-refractivity contribution < 1.29 is 4.42 Å². The average molecular weight is 737 g/mol. The number of fused-ring (bicyclic) bond motifs is 14. The Hall–Kier alpha value is -6.98. The van der Waals surface area contributed by atoms with Crippen LogP contribution in [-0.4, -0.2) is 53.8 Å². The van der Waals surface area contributed by atoms with Crippen molar-refractivity contribution in [1.82, 2.24) is 14.5 Å². The molecule has 0 spiro atoms. The van der Waals surface area contributed by atoms with E-state index in [9.17, 15) is 0 Å². The molecular formula is C50H24B5N3O. The van der Waals surface area contributed by atoms with Gasteiger partial charge >= 0.3 is 0 Å². The molecule has 0 saturated carbocycles. The van der Waals surface area contributed by atoms with E-state index in [1.807, 2.05) is 36.4 Å². The van der Waals surface area contributed by atoms with E-state index in [2.05, 4.69) is 114 Å². The maximum Gasteiger partial charge on any atom is 0.235 e. The van der Waals surface area contributed by atoms with Crippen molar-refractivity contribution in [3.63, 3.8) is 0 Å². The Morgan fingerprint density at radius 2 is 1.05 bits per heavy atom. The first kappa shape index (κ1) is 34.1. The van der Waals surface area contributed by atoms with Crippen LogP contribution >= 0.6 is 0 Å². The van der Waals surface area contributed by atoms with Crippen molar-refractivity contribution in [2.24, 2.45) is 0 Å². The van der Waals surface area contributed by atoms with Crippen LogP contribution in [-0.2, 0) is 0 Å². The van der Waals surface area contributed by atoms with Crippen LogP contribution in [0.1, 0.15) is 0 Å². The molecule has 3 heterocycles. The fourth-order valence-electron chi connectivity index (χ4n) is 9.24. The monoisotopic (exact) mass is 737 g/mol. The smallest absolute Gasteiger partial charge is 0.235 e. The quantitative estimate of drug-likeness (QED) is 0.141. The summed E-state index contributed by atoms with van der Waals surface area (Å²) in [6.07, 6.45) is 0. The molecule has 0 aliphatic rings. The number of hydrogen-bond donors (Lipinski definition) is 0. The van der Waals surface area contributed by atoms with Crippen LogP contribution < -0.4 is 27.3 Å². The zero-order valence-corrected chi connectivity index (χ0v) is 31.5. The predicted molar refractivity (Wildman–Crippen MR) is 251 cm³/mol. The third kappa shape index (κ3) is 4.79. The van der Waals surface area contributed by atoms with Crippen molar-refractivity contribution in [2.45, 2.75) is 0 Å². The lowest BCUT2D eigenvalue weighted by atomic mass is 9.59. The standard InChI is InChI=1S/C50H24B5N3O/c51-42-40(43(52)45(54)46(55)44(42)53)26-11-9-12-27(22-26)47-34-21-20-25-10-1-2-13-28(25)48(34)57-50(56-47)58-37-19-8-7-16-31(37)35-24-39-36(23-38(35)58)41-32-17-5-3-14-29(32)30-15-4-6-18-33(30)49(41)59-39/h1-24H. The molecule has 12 aromatic rings. The zero-order chi connectivity index (χ0) is 39.7. The summed E-state index contributed by atoms with van der Waals surface area (Å²) >= 11 is 0. The Kier molecular flexibility index (Phi) is 7.23. The van der Waals surface area contributed by atoms with Gasteiger partial charge in [-0.2, -0.15) is 0 Å². The van der Waals surface area contributed by atoms with Gasteiger partial charge < -0.3 is 4.42 Å². The summed E-state index contributed by atoms with van der Waals surface area (Å²) in [5, 5.41) is 11.8. The second kappa shape index (κ2) is 12.5. The molecule has 0 saturated heterocycles. The average Bonchev–Trinajstić information content (AvgIpc) is 3.82. The minimum absolute atomic E-state index is 0.173. The van der Waals surface area contributed by atoms with E-state index in [0.717, 1.165) is 98.4 Å². The van der Waals surface area contributed by atoms with Gasteiger partial charge in [0.25, 0.3) is 0 Å². The summed E-state index contributed by atoms with van der Waals surface area (Å²) in [5.74, 6) is 0.530. The summed E-state index contributed by atoms with van der Waals surface area (Å²) in [6.45, 7) is 0. The highest BCUT2D eigenvalue weighted by atomic mass is 16.3. The summed E-state index contributed by atoms with van der Waals surface area (Å²) in [6, 6.07) is 50.3. The molecule has 10 radical (unpaired) electrons. The molecule has 0 atom stereocenters. The Morgan fingerprint density at radius 3 is 1.83 bits per heavy atom. The Labute approximate surface area is 344 Å². The van der Waals surface area contributed by atoms with Crippen LogP contribution in [0.3, 0.4) is 0 Å². The first-order chi connectivity index (χ1) is 28.9. The molecule has 12 rings (SSSR count). The lowest BCUT2D eigenvalue weighted by Crippen LogP contribution is -2.55. The molecule has 0 N–H and O–H groups in total. The number of nitrogens with zero attached hydrogens (tertiary/aromatic N) is 3. The normalized spacial score (nSPS) is 12.1. The van der Waals surface area contributed by atoms with Gasteiger partial charge in [-0.1, -0.05) is 126 Å². The Morgan fingerprint density at radius 1 is 0.424 bits per heavy atom. The maximum absolute atomic E-state index is 6.83. The van der Waals surface area contributed by atoms with Crippen LogP contribution in [0, 0.1) is 0 Å². The number of para-hydroxylation sites is 1. The molecular weight excluding hydrogens is 713 g/mol. The fraction of sp³-hybridized carbons (Fsp3) is 0. The molecule has 9 heteroatoms. The van der Waals surface area contributed by atoms with Crippen molar-refractivity contribution >= 4 is 154 Å². The van der Waals surface area contributed by atoms with Crippen molar-refractivity contribution in [3.8, 4) is 28.3 Å². The highest BCUT2D eigenvalue weighted by molar-refractivity contribution is 6.68. The van der Waals surface area contributed by atoms with Gasteiger partial charge in [0.2, 0.25) is 5.95 Å². The van der Waals surface area contributed by atoms with Crippen LogP contribution in [0.25, 0.3) is 115 Å². The number of hydrogen-bond acceptors (Lipinski definition) is 3. The van der Waals surface area contributed by atoms with Gasteiger partial charge in [0.1, 0.15) is 50.4 Å². The van der Waals surface area contributed by atoms with E-state index < -0.39 is 0 Å². The first-order valence-electron chi connectivity index (χ1n) is 19.4. The minimum atomic E-state index is 0.173. The molecule has 0 fully saturated rings. The van der Waals surface area contributed by atoms with Gasteiger partial charge in [0.05, 0.1) is 22.2 Å². The second-order valence-corrected chi connectivity index (χ2v) is 15.2. The SMILES string of the molecule is [B]c1c([B])c([B])c(-c2cccc(-c3nc(-n4c5ccccc5c5cc6oc7c8ccccc8c8ccccc8c7c6cc54)nc4c3ccc3ccccc34)c2)c([B])c1[B]. The maximum atomic E-state index is 6.83.